The predicted octanol–water partition coefficient (Wildman–Crippen LogP) is 1.56. The normalized spacial score (nSPS) is 9.00. The van der Waals surface area contributed by atoms with Crippen LogP contribution in [0.25, 0.3) is 3.62 Å². The van der Waals surface area contributed by atoms with Crippen molar-refractivity contribution in [1.82, 2.24) is 0 Å². The summed E-state index contributed by atoms with van der Waals surface area (Å²) in [5, 5.41) is 0. The Hall–Kier alpha value is -0.250. The van der Waals surface area contributed by atoms with Gasteiger partial charge in [0.2, 0.25) is 0 Å². The van der Waals surface area contributed by atoms with Gasteiger partial charge >= 0.3 is 68.4 Å². The van der Waals surface area contributed by atoms with Gasteiger partial charge in [-0.3, -0.25) is 0 Å². The third-order valence-electron chi connectivity index (χ3n) is 1.11. The van der Waals surface area contributed by atoms with E-state index in [0.717, 1.165) is 0 Å². The fourth-order valence-electron chi connectivity index (χ4n) is 0.631. The molecule has 1 heteroatoms. The first kappa shape index (κ1) is 6.86. The van der Waals surface area contributed by atoms with E-state index in [0.29, 0.717) is 0 Å². The molecule has 0 saturated carbocycles. The quantitative estimate of drug-likeness (QED) is 0.644. The summed E-state index contributed by atoms with van der Waals surface area (Å²) in [6.45, 7) is 3.85. The molecule has 0 nitrogen and oxygen atoms in total. The number of rotatable bonds is 1. The molecule has 0 aliphatic carbocycles. The summed E-state index contributed by atoms with van der Waals surface area (Å²) in [6, 6.07) is 10.2. The number of benzene rings is 1. The Kier molecular flexibility index (Phi) is 2.33. The second-order valence-corrected chi connectivity index (χ2v) is 3.35. The fraction of sp³-hybridized carbons (Fsp3) is 0. The molecule has 46 valence electrons. The van der Waals surface area contributed by atoms with Crippen LogP contribution in [0.3, 0.4) is 0 Å². The van der Waals surface area contributed by atoms with Crippen LogP contribution < -0.4 is 0 Å². The topological polar surface area (TPSA) is 0 Å². The Labute approximate surface area is 68.5 Å². The van der Waals surface area contributed by atoms with Crippen LogP contribution in [-0.4, -0.2) is 22.3 Å². The molecule has 0 unspecified atom stereocenters. The van der Waals surface area contributed by atoms with Crippen LogP contribution in [0.1, 0.15) is 5.56 Å². The summed E-state index contributed by atoms with van der Waals surface area (Å²) in [5.41, 5.74) is 1.24. The monoisotopic (exact) mass is 234 g/mol. The average molecular weight is 232 g/mol. The first-order valence-corrected chi connectivity index (χ1v) is 4.01. The van der Waals surface area contributed by atoms with Gasteiger partial charge in [-0.25, -0.2) is 0 Å². The molecule has 1 rings (SSSR count). The van der Waals surface area contributed by atoms with Crippen LogP contribution in [0.5, 0.6) is 0 Å². The molecule has 0 amide bonds. The molecule has 0 N–H and O–H groups in total. The minimum absolute atomic E-state index is 1.17. The summed E-state index contributed by atoms with van der Waals surface area (Å²) in [6.07, 6.45) is 0. The molecule has 0 saturated heterocycles. The van der Waals surface area contributed by atoms with Crippen molar-refractivity contribution < 1.29 is 0 Å². The molecule has 0 atom stereocenters. The van der Waals surface area contributed by atoms with Crippen molar-refractivity contribution >= 4 is 25.9 Å². The van der Waals surface area contributed by atoms with Crippen LogP contribution in [0.15, 0.2) is 36.9 Å². The van der Waals surface area contributed by atoms with E-state index in [2.05, 4.69) is 18.7 Å². The summed E-state index contributed by atoms with van der Waals surface area (Å²) < 4.78 is 1.17. The summed E-state index contributed by atoms with van der Waals surface area (Å²) in [4.78, 5) is 0. The zero-order valence-electron chi connectivity index (χ0n) is 5.04. The maximum absolute atomic E-state index is 3.85. The van der Waals surface area contributed by atoms with Gasteiger partial charge in [0.1, 0.15) is 0 Å². The molecule has 0 fully saturated rings. The summed E-state index contributed by atoms with van der Waals surface area (Å²) >= 11 is 1.67. The summed E-state index contributed by atoms with van der Waals surface area (Å²) in [5.74, 6) is 0. The molecular formula is C8H8Te. The third-order valence-corrected chi connectivity index (χ3v) is 1.84. The van der Waals surface area contributed by atoms with E-state index in [-0.39, 0.29) is 0 Å². The van der Waals surface area contributed by atoms with E-state index < -0.39 is 0 Å². The van der Waals surface area contributed by atoms with Crippen molar-refractivity contribution in [3.8, 4) is 0 Å². The van der Waals surface area contributed by atoms with Gasteiger partial charge in [-0.05, 0) is 0 Å². The van der Waals surface area contributed by atoms with Gasteiger partial charge < -0.3 is 0 Å². The molecule has 0 heterocycles. The number of hydrogen-bond donors (Lipinski definition) is 0. The third kappa shape index (κ3) is 1.86. The van der Waals surface area contributed by atoms with Gasteiger partial charge in [0.25, 0.3) is 0 Å². The SMILES string of the molecule is C=C([TeH])c1ccccc1. The Balaban J connectivity index is 2.98. The molecule has 0 aliphatic rings. The fourth-order valence-corrected chi connectivity index (χ4v) is 1.06. The van der Waals surface area contributed by atoms with E-state index in [9.17, 15) is 0 Å². The van der Waals surface area contributed by atoms with Crippen molar-refractivity contribution in [2.75, 3.05) is 0 Å². The van der Waals surface area contributed by atoms with E-state index in [4.69, 9.17) is 0 Å². The molecule has 0 radical (unpaired) electrons. The van der Waals surface area contributed by atoms with Gasteiger partial charge in [-0.15, -0.1) is 0 Å². The van der Waals surface area contributed by atoms with Gasteiger partial charge in [0.15, 0.2) is 0 Å². The van der Waals surface area contributed by atoms with Crippen molar-refractivity contribution in [3.63, 3.8) is 0 Å². The second-order valence-electron chi connectivity index (χ2n) is 1.81. The Bertz CT molecular complexity index is 201. The molecule has 1 aromatic rings. The first-order chi connectivity index (χ1) is 4.30. The van der Waals surface area contributed by atoms with E-state index in [1.54, 1.807) is 22.3 Å². The van der Waals surface area contributed by atoms with E-state index >= 15 is 0 Å². The van der Waals surface area contributed by atoms with Crippen LogP contribution in [-0.2, 0) is 0 Å². The summed E-state index contributed by atoms with van der Waals surface area (Å²) in [7, 11) is 0. The van der Waals surface area contributed by atoms with Crippen molar-refractivity contribution in [2.45, 2.75) is 0 Å². The van der Waals surface area contributed by atoms with Crippen LogP contribution >= 0.6 is 0 Å². The zero-order valence-corrected chi connectivity index (χ0v) is 7.59. The molecule has 1 aromatic carbocycles. The average Bonchev–Trinajstić information content (AvgIpc) is 1.90. The minimum atomic E-state index is 1.17. The van der Waals surface area contributed by atoms with Crippen molar-refractivity contribution in [2.24, 2.45) is 0 Å². The Morgan fingerprint density at radius 2 is 1.78 bits per heavy atom. The van der Waals surface area contributed by atoms with Crippen LogP contribution in [0.4, 0.5) is 0 Å². The zero-order chi connectivity index (χ0) is 6.69. The van der Waals surface area contributed by atoms with E-state index in [1.807, 2.05) is 18.2 Å². The second kappa shape index (κ2) is 3.06. The first-order valence-electron chi connectivity index (χ1n) is 2.74. The molecule has 0 aliphatic heterocycles. The van der Waals surface area contributed by atoms with Gasteiger partial charge in [-0.1, -0.05) is 0 Å². The maximum atomic E-state index is 3.85. The van der Waals surface area contributed by atoms with Crippen LogP contribution in [0.2, 0.25) is 0 Å². The van der Waals surface area contributed by atoms with Crippen molar-refractivity contribution in [1.29, 1.82) is 0 Å². The van der Waals surface area contributed by atoms with Gasteiger partial charge in [0, 0.05) is 0 Å². The Morgan fingerprint density at radius 3 is 2.11 bits per heavy atom. The molecule has 9 heavy (non-hydrogen) atoms. The molecular weight excluding hydrogens is 224 g/mol. The molecule has 0 bridgehead atoms. The van der Waals surface area contributed by atoms with Gasteiger partial charge in [0.05, 0.1) is 0 Å². The molecule has 0 spiro atoms. The van der Waals surface area contributed by atoms with Gasteiger partial charge in [-0.2, -0.15) is 0 Å². The van der Waals surface area contributed by atoms with E-state index in [1.165, 1.54) is 9.18 Å². The van der Waals surface area contributed by atoms with Crippen molar-refractivity contribution in [3.05, 3.63) is 42.5 Å². The standard InChI is InChI=1S/C8H8Te/c1-7(9)8-5-3-2-4-6-8/h2-6,9H,1H2. The van der Waals surface area contributed by atoms with Crippen LogP contribution in [0, 0.1) is 0 Å². The number of hydrogen-bond acceptors (Lipinski definition) is 0. The molecule has 0 aromatic heterocycles. The Morgan fingerprint density at radius 1 is 1.22 bits per heavy atom. The predicted molar refractivity (Wildman–Crippen MR) is 42.6 cm³/mol.